The Morgan fingerprint density at radius 3 is 2.53 bits per heavy atom. The molecule has 0 aliphatic rings. The zero-order valence-corrected chi connectivity index (χ0v) is 8.98. The van der Waals surface area contributed by atoms with Crippen molar-refractivity contribution in [2.45, 2.75) is 6.18 Å². The van der Waals surface area contributed by atoms with Crippen molar-refractivity contribution in [3.63, 3.8) is 0 Å². The van der Waals surface area contributed by atoms with E-state index in [0.29, 0.717) is 16.7 Å². The van der Waals surface area contributed by atoms with Crippen molar-refractivity contribution in [3.8, 4) is 0 Å². The Labute approximate surface area is 97.3 Å². The van der Waals surface area contributed by atoms with Crippen LogP contribution in [0.25, 0.3) is 10.1 Å². The number of benzene rings is 1. The van der Waals surface area contributed by atoms with Gasteiger partial charge in [-0.3, -0.25) is 0 Å². The van der Waals surface area contributed by atoms with E-state index in [4.69, 9.17) is 5.73 Å². The number of carbonyl (C=O) groups is 1. The molecule has 7 heteroatoms. The van der Waals surface area contributed by atoms with Crippen LogP contribution in [0.2, 0.25) is 0 Å². The van der Waals surface area contributed by atoms with Gasteiger partial charge in [0, 0.05) is 10.1 Å². The van der Waals surface area contributed by atoms with Crippen LogP contribution in [0.3, 0.4) is 0 Å². The Balaban J connectivity index is 2.68. The number of carbonyl (C=O) groups excluding carboxylic acids is 1. The highest BCUT2D eigenvalue weighted by Gasteiger charge is 2.30. The van der Waals surface area contributed by atoms with E-state index < -0.39 is 17.7 Å². The maximum atomic E-state index is 12.4. The van der Waals surface area contributed by atoms with E-state index in [9.17, 15) is 23.1 Å². The molecule has 90 valence electrons. The van der Waals surface area contributed by atoms with Crippen LogP contribution in [0, 0.1) is 0 Å². The SMILES string of the molecule is Nc1c(C(=O)[O-])sc2cc(C(F)(F)F)ccc12. The van der Waals surface area contributed by atoms with Crippen molar-refractivity contribution in [3.05, 3.63) is 28.6 Å². The van der Waals surface area contributed by atoms with Crippen molar-refractivity contribution in [2.24, 2.45) is 0 Å². The predicted molar refractivity (Wildman–Crippen MR) is 55.6 cm³/mol. The quantitative estimate of drug-likeness (QED) is 0.851. The van der Waals surface area contributed by atoms with Crippen LogP contribution in [0.5, 0.6) is 0 Å². The summed E-state index contributed by atoms with van der Waals surface area (Å²) in [5.41, 5.74) is 4.61. The molecule has 3 nitrogen and oxygen atoms in total. The second kappa shape index (κ2) is 3.63. The first kappa shape index (κ1) is 11.7. The van der Waals surface area contributed by atoms with Crippen LogP contribution < -0.4 is 10.8 Å². The zero-order valence-electron chi connectivity index (χ0n) is 8.17. The highest BCUT2D eigenvalue weighted by Crippen LogP contribution is 2.37. The monoisotopic (exact) mass is 260 g/mol. The average Bonchev–Trinajstić information content (AvgIpc) is 2.54. The van der Waals surface area contributed by atoms with Crippen LogP contribution in [-0.2, 0) is 6.18 Å². The number of rotatable bonds is 1. The Kier molecular flexibility index (Phi) is 2.50. The first-order valence-corrected chi connectivity index (χ1v) is 5.23. The number of aromatic carboxylic acids is 1. The second-order valence-electron chi connectivity index (χ2n) is 3.34. The fourth-order valence-electron chi connectivity index (χ4n) is 1.44. The van der Waals surface area contributed by atoms with Gasteiger partial charge in [0.05, 0.1) is 22.1 Å². The summed E-state index contributed by atoms with van der Waals surface area (Å²) in [4.78, 5) is 10.4. The van der Waals surface area contributed by atoms with Gasteiger partial charge >= 0.3 is 6.18 Å². The fourth-order valence-corrected chi connectivity index (χ4v) is 2.44. The molecule has 1 heterocycles. The summed E-state index contributed by atoms with van der Waals surface area (Å²) in [5.74, 6) is -1.49. The molecule has 0 bridgehead atoms. The number of nitrogens with two attached hydrogens (primary N) is 1. The summed E-state index contributed by atoms with van der Waals surface area (Å²) in [5, 5.41) is 11.0. The van der Waals surface area contributed by atoms with Crippen molar-refractivity contribution < 1.29 is 23.1 Å². The van der Waals surface area contributed by atoms with E-state index in [-0.39, 0.29) is 15.3 Å². The molecule has 17 heavy (non-hydrogen) atoms. The Morgan fingerprint density at radius 2 is 2.00 bits per heavy atom. The lowest BCUT2D eigenvalue weighted by Gasteiger charge is -2.05. The van der Waals surface area contributed by atoms with Gasteiger partial charge in [0.25, 0.3) is 0 Å². The van der Waals surface area contributed by atoms with Crippen LogP contribution in [-0.4, -0.2) is 5.97 Å². The summed E-state index contributed by atoms with van der Waals surface area (Å²) < 4.78 is 37.5. The lowest BCUT2D eigenvalue weighted by Crippen LogP contribution is -2.21. The van der Waals surface area contributed by atoms with Crippen molar-refractivity contribution in [2.75, 3.05) is 5.73 Å². The molecule has 0 radical (unpaired) electrons. The van der Waals surface area contributed by atoms with Crippen LogP contribution >= 0.6 is 11.3 Å². The highest BCUT2D eigenvalue weighted by atomic mass is 32.1. The number of alkyl halides is 3. The molecule has 1 aromatic carbocycles. The van der Waals surface area contributed by atoms with E-state index >= 15 is 0 Å². The molecule has 0 atom stereocenters. The van der Waals surface area contributed by atoms with Gasteiger partial charge in [-0.05, 0) is 12.1 Å². The molecular weight excluding hydrogens is 255 g/mol. The molecule has 0 saturated carbocycles. The maximum absolute atomic E-state index is 12.4. The molecule has 0 amide bonds. The largest absolute Gasteiger partial charge is 0.544 e. The summed E-state index contributed by atoms with van der Waals surface area (Å²) >= 11 is 0.675. The first-order valence-electron chi connectivity index (χ1n) is 4.41. The maximum Gasteiger partial charge on any atom is 0.416 e. The zero-order chi connectivity index (χ0) is 12.8. The number of anilines is 1. The van der Waals surface area contributed by atoms with Gasteiger partial charge in [-0.2, -0.15) is 13.2 Å². The molecule has 0 aliphatic heterocycles. The van der Waals surface area contributed by atoms with Gasteiger partial charge in [-0.25, -0.2) is 0 Å². The van der Waals surface area contributed by atoms with Crippen LogP contribution in [0.1, 0.15) is 15.2 Å². The van der Waals surface area contributed by atoms with E-state index in [1.807, 2.05) is 0 Å². The molecule has 0 unspecified atom stereocenters. The lowest BCUT2D eigenvalue weighted by molar-refractivity contribution is -0.254. The van der Waals surface area contributed by atoms with Gasteiger partial charge in [0.1, 0.15) is 0 Å². The smallest absolute Gasteiger partial charge is 0.416 e. The number of hydrogen-bond acceptors (Lipinski definition) is 4. The van der Waals surface area contributed by atoms with Gasteiger partial charge < -0.3 is 15.6 Å². The van der Waals surface area contributed by atoms with E-state index in [0.717, 1.165) is 18.2 Å². The third-order valence-electron chi connectivity index (χ3n) is 2.24. The van der Waals surface area contributed by atoms with Crippen molar-refractivity contribution >= 4 is 33.1 Å². The second-order valence-corrected chi connectivity index (χ2v) is 4.39. The normalized spacial score (nSPS) is 11.9. The van der Waals surface area contributed by atoms with Gasteiger partial charge in [-0.15, -0.1) is 11.3 Å². The third-order valence-corrected chi connectivity index (χ3v) is 3.39. The minimum atomic E-state index is -4.46. The molecule has 1 aromatic heterocycles. The minimum Gasteiger partial charge on any atom is -0.544 e. The van der Waals surface area contributed by atoms with Crippen molar-refractivity contribution in [1.29, 1.82) is 0 Å². The van der Waals surface area contributed by atoms with Crippen LogP contribution in [0.4, 0.5) is 18.9 Å². The molecule has 0 fully saturated rings. The molecular formula is C10H5F3NO2S-. The van der Waals surface area contributed by atoms with E-state index in [2.05, 4.69) is 0 Å². The molecule has 2 N–H and O–H groups in total. The van der Waals surface area contributed by atoms with Crippen molar-refractivity contribution in [1.82, 2.24) is 0 Å². The summed E-state index contributed by atoms with van der Waals surface area (Å²) in [6.45, 7) is 0. The molecule has 2 rings (SSSR count). The summed E-state index contributed by atoms with van der Waals surface area (Å²) in [6, 6.07) is 2.91. The third kappa shape index (κ3) is 1.93. The lowest BCUT2D eigenvalue weighted by atomic mass is 10.1. The van der Waals surface area contributed by atoms with E-state index in [1.54, 1.807) is 0 Å². The molecule has 0 aliphatic carbocycles. The standard InChI is InChI=1S/C10H6F3NO2S/c11-10(12,13)4-1-2-5-6(3-4)17-8(7(5)14)9(15)16/h1-3H,14H2,(H,15,16)/p-1. The van der Waals surface area contributed by atoms with E-state index in [1.165, 1.54) is 0 Å². The average molecular weight is 260 g/mol. The Hall–Kier alpha value is -1.76. The molecule has 2 aromatic rings. The van der Waals surface area contributed by atoms with Gasteiger partial charge in [0.15, 0.2) is 0 Å². The predicted octanol–water partition coefficient (Wildman–Crippen LogP) is 1.87. The number of nitrogen functional groups attached to an aromatic ring is 1. The minimum absolute atomic E-state index is 0.0567. The fraction of sp³-hybridized carbons (Fsp3) is 0.100. The summed E-state index contributed by atoms with van der Waals surface area (Å²) in [6.07, 6.45) is -4.46. The Bertz CT molecular complexity index is 603. The number of fused-ring (bicyclic) bond motifs is 1. The highest BCUT2D eigenvalue weighted by molar-refractivity contribution is 7.21. The first-order chi connectivity index (χ1) is 7.80. The molecule has 0 saturated heterocycles. The number of carboxylic acid groups (broad SMARTS) is 1. The Morgan fingerprint density at radius 1 is 1.35 bits per heavy atom. The topological polar surface area (TPSA) is 66.2 Å². The van der Waals surface area contributed by atoms with Crippen LogP contribution in [0.15, 0.2) is 18.2 Å². The number of halogens is 3. The summed E-state index contributed by atoms with van der Waals surface area (Å²) in [7, 11) is 0. The molecule has 0 spiro atoms. The van der Waals surface area contributed by atoms with Gasteiger partial charge in [-0.1, -0.05) is 6.07 Å². The number of thiophene rings is 1. The number of carboxylic acids is 1. The number of hydrogen-bond donors (Lipinski definition) is 1. The van der Waals surface area contributed by atoms with Gasteiger partial charge in [0.2, 0.25) is 0 Å².